The minimum atomic E-state index is -1.25. The summed E-state index contributed by atoms with van der Waals surface area (Å²) in [5.74, 6) is -1.93. The lowest BCUT2D eigenvalue weighted by molar-refractivity contribution is 0.0692. The van der Waals surface area contributed by atoms with Crippen LogP contribution in [0.5, 0.6) is 0 Å². The Kier molecular flexibility index (Phi) is 3.95. The largest absolute Gasteiger partial charge is 0.478 e. The average molecular weight is 258 g/mol. The molecule has 3 heteroatoms. The lowest BCUT2D eigenvalue weighted by Crippen LogP contribution is -2.01. The molecule has 0 saturated carbocycles. The summed E-state index contributed by atoms with van der Waals surface area (Å²) in [5.41, 5.74) is 1.92. The second-order valence-corrected chi connectivity index (χ2v) is 4.42. The zero-order valence-electron chi connectivity index (χ0n) is 10.7. The number of hydrogen-bond acceptors (Lipinski definition) is 1. The van der Waals surface area contributed by atoms with Gasteiger partial charge in [-0.3, -0.25) is 0 Å². The molecule has 2 rings (SSSR count). The van der Waals surface area contributed by atoms with E-state index < -0.39 is 11.8 Å². The lowest BCUT2D eigenvalue weighted by atomic mass is 10.00. The molecule has 98 valence electrons. The molecule has 1 N–H and O–H groups in total. The topological polar surface area (TPSA) is 37.3 Å². The normalized spacial score (nSPS) is 10.4. The fourth-order valence-electron chi connectivity index (χ4n) is 2.06. The van der Waals surface area contributed by atoms with Crippen LogP contribution in [-0.4, -0.2) is 11.1 Å². The van der Waals surface area contributed by atoms with Crippen LogP contribution in [0.2, 0.25) is 0 Å². The highest BCUT2D eigenvalue weighted by molar-refractivity contribution is 5.90. The van der Waals surface area contributed by atoms with Crippen LogP contribution in [0.25, 0.3) is 11.1 Å². The van der Waals surface area contributed by atoms with E-state index in [1.165, 1.54) is 11.6 Å². The molecule has 0 unspecified atom stereocenters. The van der Waals surface area contributed by atoms with E-state index in [4.69, 9.17) is 5.11 Å². The Balaban J connectivity index is 2.41. The predicted octanol–water partition coefficient (Wildman–Crippen LogP) is 4.14. The van der Waals surface area contributed by atoms with E-state index >= 15 is 0 Å². The van der Waals surface area contributed by atoms with E-state index in [1.54, 1.807) is 12.1 Å². The molecule has 0 bridgehead atoms. The molecular weight excluding hydrogens is 243 g/mol. The van der Waals surface area contributed by atoms with Gasteiger partial charge in [0.05, 0.1) is 5.56 Å². The fraction of sp³-hybridized carbons (Fsp3) is 0.188. The number of aromatic carboxylic acids is 1. The summed E-state index contributed by atoms with van der Waals surface area (Å²) in [6.07, 6.45) is 2.04. The molecule has 2 aromatic carbocycles. The van der Waals surface area contributed by atoms with E-state index in [9.17, 15) is 9.18 Å². The number of halogens is 1. The quantitative estimate of drug-likeness (QED) is 0.894. The molecule has 0 radical (unpaired) electrons. The maximum Gasteiger partial charge on any atom is 0.338 e. The second-order valence-electron chi connectivity index (χ2n) is 4.42. The SMILES string of the molecule is CCCc1ccc(-c2cccc(C(=O)O)c2F)cc1. The van der Waals surface area contributed by atoms with Crippen LogP contribution < -0.4 is 0 Å². The number of carboxylic acid groups (broad SMARTS) is 1. The molecule has 0 heterocycles. The third-order valence-corrected chi connectivity index (χ3v) is 3.03. The first-order chi connectivity index (χ1) is 9.13. The van der Waals surface area contributed by atoms with Crippen LogP contribution in [0.3, 0.4) is 0 Å². The van der Waals surface area contributed by atoms with Crippen molar-refractivity contribution in [2.75, 3.05) is 0 Å². The van der Waals surface area contributed by atoms with Crippen LogP contribution in [0.4, 0.5) is 4.39 Å². The van der Waals surface area contributed by atoms with Gasteiger partial charge in [-0.15, -0.1) is 0 Å². The molecule has 0 saturated heterocycles. The van der Waals surface area contributed by atoms with Crippen molar-refractivity contribution in [1.82, 2.24) is 0 Å². The van der Waals surface area contributed by atoms with Gasteiger partial charge in [0.2, 0.25) is 0 Å². The smallest absolute Gasteiger partial charge is 0.338 e. The molecule has 0 aliphatic carbocycles. The van der Waals surface area contributed by atoms with E-state index in [1.807, 2.05) is 24.3 Å². The third kappa shape index (κ3) is 2.81. The van der Waals surface area contributed by atoms with Gasteiger partial charge in [-0.25, -0.2) is 9.18 Å². The number of aryl methyl sites for hydroxylation is 1. The summed E-state index contributed by atoms with van der Waals surface area (Å²) in [6.45, 7) is 2.10. The summed E-state index contributed by atoms with van der Waals surface area (Å²) in [6, 6.07) is 12.0. The van der Waals surface area contributed by atoms with Crippen molar-refractivity contribution in [1.29, 1.82) is 0 Å². The summed E-state index contributed by atoms with van der Waals surface area (Å²) >= 11 is 0. The molecular formula is C16H15FO2. The van der Waals surface area contributed by atoms with Gasteiger partial charge in [-0.2, -0.15) is 0 Å². The Labute approximate surface area is 111 Å². The molecule has 2 aromatic rings. The van der Waals surface area contributed by atoms with Gasteiger partial charge in [-0.1, -0.05) is 49.7 Å². The monoisotopic (exact) mass is 258 g/mol. The van der Waals surface area contributed by atoms with E-state index in [2.05, 4.69) is 6.92 Å². The van der Waals surface area contributed by atoms with Gasteiger partial charge < -0.3 is 5.11 Å². The molecule has 0 aliphatic heterocycles. The van der Waals surface area contributed by atoms with Gasteiger partial charge in [-0.05, 0) is 23.6 Å². The molecule has 0 fully saturated rings. The van der Waals surface area contributed by atoms with Crippen molar-refractivity contribution < 1.29 is 14.3 Å². The van der Waals surface area contributed by atoms with Crippen LogP contribution in [0.15, 0.2) is 42.5 Å². The van der Waals surface area contributed by atoms with Crippen molar-refractivity contribution in [3.63, 3.8) is 0 Å². The van der Waals surface area contributed by atoms with Crippen molar-refractivity contribution in [3.8, 4) is 11.1 Å². The van der Waals surface area contributed by atoms with Crippen molar-refractivity contribution in [2.24, 2.45) is 0 Å². The zero-order chi connectivity index (χ0) is 13.8. The number of carbonyl (C=O) groups is 1. The van der Waals surface area contributed by atoms with Crippen molar-refractivity contribution >= 4 is 5.97 Å². The molecule has 2 nitrogen and oxygen atoms in total. The maximum absolute atomic E-state index is 14.1. The highest BCUT2D eigenvalue weighted by atomic mass is 19.1. The molecule has 0 aromatic heterocycles. The second kappa shape index (κ2) is 5.65. The first-order valence-corrected chi connectivity index (χ1v) is 6.24. The number of hydrogen-bond donors (Lipinski definition) is 1. The van der Waals surface area contributed by atoms with Gasteiger partial charge in [0, 0.05) is 5.56 Å². The Bertz CT molecular complexity index is 588. The first-order valence-electron chi connectivity index (χ1n) is 6.24. The maximum atomic E-state index is 14.1. The van der Waals surface area contributed by atoms with Gasteiger partial charge in [0.25, 0.3) is 0 Å². The van der Waals surface area contributed by atoms with E-state index in [0.29, 0.717) is 11.1 Å². The Hall–Kier alpha value is -2.16. The minimum absolute atomic E-state index is 0.296. The highest BCUT2D eigenvalue weighted by Gasteiger charge is 2.14. The van der Waals surface area contributed by atoms with Gasteiger partial charge >= 0.3 is 5.97 Å². The van der Waals surface area contributed by atoms with Crippen LogP contribution in [0, 0.1) is 5.82 Å². The molecule has 0 aliphatic rings. The van der Waals surface area contributed by atoms with E-state index in [-0.39, 0.29) is 5.56 Å². The van der Waals surface area contributed by atoms with Crippen LogP contribution >= 0.6 is 0 Å². The summed E-state index contributed by atoms with van der Waals surface area (Å²) in [4.78, 5) is 10.9. The molecule has 0 amide bonds. The van der Waals surface area contributed by atoms with Crippen LogP contribution in [0.1, 0.15) is 29.3 Å². The highest BCUT2D eigenvalue weighted by Crippen LogP contribution is 2.25. The average Bonchev–Trinajstić information content (AvgIpc) is 2.40. The standard InChI is InChI=1S/C16H15FO2/c1-2-4-11-7-9-12(10-8-11)13-5-3-6-14(15(13)17)16(18)19/h3,5-10H,2,4H2,1H3,(H,18,19). The molecule has 0 spiro atoms. The number of benzene rings is 2. The Morgan fingerprint density at radius 3 is 2.42 bits per heavy atom. The zero-order valence-corrected chi connectivity index (χ0v) is 10.7. The van der Waals surface area contributed by atoms with Gasteiger partial charge in [0.15, 0.2) is 0 Å². The fourth-order valence-corrected chi connectivity index (χ4v) is 2.06. The number of rotatable bonds is 4. The molecule has 19 heavy (non-hydrogen) atoms. The lowest BCUT2D eigenvalue weighted by Gasteiger charge is -2.07. The number of carboxylic acids is 1. The van der Waals surface area contributed by atoms with Gasteiger partial charge in [0.1, 0.15) is 5.82 Å². The Morgan fingerprint density at radius 2 is 1.84 bits per heavy atom. The summed E-state index contributed by atoms with van der Waals surface area (Å²) < 4.78 is 14.1. The summed E-state index contributed by atoms with van der Waals surface area (Å²) in [5, 5.41) is 8.91. The van der Waals surface area contributed by atoms with E-state index in [0.717, 1.165) is 12.8 Å². The predicted molar refractivity (Wildman–Crippen MR) is 72.8 cm³/mol. The first kappa shape index (κ1) is 13.3. The Morgan fingerprint density at radius 1 is 1.16 bits per heavy atom. The minimum Gasteiger partial charge on any atom is -0.478 e. The van der Waals surface area contributed by atoms with Crippen molar-refractivity contribution in [2.45, 2.75) is 19.8 Å². The van der Waals surface area contributed by atoms with Crippen molar-refractivity contribution in [3.05, 3.63) is 59.4 Å². The third-order valence-electron chi connectivity index (χ3n) is 3.03. The summed E-state index contributed by atoms with van der Waals surface area (Å²) in [7, 11) is 0. The van der Waals surface area contributed by atoms with Crippen LogP contribution in [-0.2, 0) is 6.42 Å². The molecule has 0 atom stereocenters.